The smallest absolute Gasteiger partial charge is 0.306 e. The molecule has 0 fully saturated rings. The van der Waals surface area contributed by atoms with Gasteiger partial charge in [0.2, 0.25) is 0 Å². The number of nitrogens with zero attached hydrogens (tertiary/aromatic N) is 1. The minimum absolute atomic E-state index is 0.0399. The van der Waals surface area contributed by atoms with Gasteiger partial charge in [0.1, 0.15) is 19.8 Å². The number of hydrogen-bond acceptors (Lipinski definition) is 8. The number of unbranched alkanes of at least 4 members (excludes halogenated alkanes) is 28. The zero-order valence-electron chi connectivity index (χ0n) is 62.3. The van der Waals surface area contributed by atoms with Crippen LogP contribution < -0.4 is 4.89 Å². The molecule has 0 amide bonds. The Hall–Kier alpha value is -4.63. The first-order chi connectivity index (χ1) is 47.0. The Morgan fingerprint density at radius 1 is 0.323 bits per heavy atom. The van der Waals surface area contributed by atoms with Crippen LogP contribution >= 0.6 is 7.82 Å². The lowest BCUT2D eigenvalue weighted by Crippen LogP contribution is -2.37. The normalized spacial score (nSPS) is 14.0. The molecule has 0 aromatic heterocycles. The lowest BCUT2D eigenvalue weighted by molar-refractivity contribution is -0.870. The lowest BCUT2D eigenvalue weighted by atomic mass is 10.0. The van der Waals surface area contributed by atoms with Crippen LogP contribution in [0.25, 0.3) is 0 Å². The van der Waals surface area contributed by atoms with Crippen LogP contribution in [-0.4, -0.2) is 70.0 Å². The molecule has 2 atom stereocenters. The van der Waals surface area contributed by atoms with E-state index in [-0.39, 0.29) is 32.0 Å². The maximum Gasteiger partial charge on any atom is 0.306 e. The monoisotopic (exact) mass is 1350 g/mol. The van der Waals surface area contributed by atoms with Gasteiger partial charge in [-0.15, -0.1) is 0 Å². The van der Waals surface area contributed by atoms with E-state index in [1.807, 2.05) is 21.1 Å². The molecule has 0 spiro atoms. The van der Waals surface area contributed by atoms with Crippen molar-refractivity contribution >= 4 is 19.8 Å². The van der Waals surface area contributed by atoms with Crippen LogP contribution in [0.2, 0.25) is 0 Å². The zero-order chi connectivity index (χ0) is 69.7. The van der Waals surface area contributed by atoms with Crippen molar-refractivity contribution in [3.63, 3.8) is 0 Å². The van der Waals surface area contributed by atoms with Crippen molar-refractivity contribution in [1.82, 2.24) is 0 Å². The number of ether oxygens (including phenoxy) is 2. The number of hydrogen-bond donors (Lipinski definition) is 0. The predicted octanol–water partition coefficient (Wildman–Crippen LogP) is 25.4. The molecule has 0 N–H and O–H groups in total. The highest BCUT2D eigenvalue weighted by atomic mass is 31.2. The molecular weight excluding hydrogens is 1210 g/mol. The van der Waals surface area contributed by atoms with Crippen LogP contribution in [0.1, 0.15) is 309 Å². The van der Waals surface area contributed by atoms with E-state index >= 15 is 0 Å². The fraction of sp³-hybridized carbons (Fsp3) is 0.651. The second-order valence-corrected chi connectivity index (χ2v) is 28.0. The molecule has 9 nitrogen and oxygen atoms in total. The van der Waals surface area contributed by atoms with Crippen molar-refractivity contribution in [2.24, 2.45) is 0 Å². The quantitative estimate of drug-likeness (QED) is 0.0195. The fourth-order valence-electron chi connectivity index (χ4n) is 10.4. The first kappa shape index (κ1) is 91.4. The third-order valence-electron chi connectivity index (χ3n) is 16.2. The Kier molecular flexibility index (Phi) is 71.0. The van der Waals surface area contributed by atoms with Crippen molar-refractivity contribution in [2.45, 2.75) is 315 Å². The van der Waals surface area contributed by atoms with E-state index in [0.717, 1.165) is 141 Å². The molecule has 0 aliphatic rings. The van der Waals surface area contributed by atoms with Crippen LogP contribution in [0.15, 0.2) is 170 Å². The molecule has 0 aromatic rings. The standard InChI is InChI=1S/C86H144NO8P/c1-6-8-10-12-14-16-18-20-22-24-26-28-30-32-34-36-38-40-42-43-45-46-48-50-52-54-56-58-60-62-64-66-68-70-72-74-76-78-85(88)92-82-84(83-94-96(90,91)93-81-80-87(3,4)5)95-86(89)79-77-75-73-71-69-67-65-63-61-59-57-55-53-51-49-47-44-41-39-37-35-33-31-29-27-25-23-21-19-17-15-13-11-9-7-2/h8-11,14-17,20-23,26-29,32-35,39,41,47,49,53,55,59,61,84H,6-7,12-13,18-19,24-25,30-31,36-38,40,42-46,48,50-52,54,56-58,60,62-83H2,1-5H3/b10-8-,11-9-,16-14-,17-15-,22-20-,23-21-,28-26-,29-27-,34-32-,35-33-,41-39-,49-47-,55-53-,61-59-. The molecule has 0 saturated carbocycles. The summed E-state index contributed by atoms with van der Waals surface area (Å²) in [6.45, 7) is 4.01. The summed E-state index contributed by atoms with van der Waals surface area (Å²) in [5.74, 6) is -0.846. The van der Waals surface area contributed by atoms with E-state index in [9.17, 15) is 19.0 Å². The van der Waals surface area contributed by atoms with E-state index in [2.05, 4.69) is 184 Å². The van der Waals surface area contributed by atoms with E-state index < -0.39 is 26.5 Å². The first-order valence-corrected chi connectivity index (χ1v) is 40.3. The van der Waals surface area contributed by atoms with Crippen molar-refractivity contribution in [2.75, 3.05) is 47.5 Å². The molecule has 2 unspecified atom stereocenters. The number of rotatable bonds is 70. The number of likely N-dealkylation sites (N-methyl/N-ethyl adjacent to an activating group) is 1. The van der Waals surface area contributed by atoms with Crippen LogP contribution in [0.4, 0.5) is 0 Å². The minimum Gasteiger partial charge on any atom is -0.756 e. The van der Waals surface area contributed by atoms with E-state index in [4.69, 9.17) is 18.5 Å². The summed E-state index contributed by atoms with van der Waals surface area (Å²) >= 11 is 0. The van der Waals surface area contributed by atoms with Gasteiger partial charge < -0.3 is 27.9 Å². The summed E-state index contributed by atoms with van der Waals surface area (Å²) in [7, 11) is 1.15. The number of esters is 2. The summed E-state index contributed by atoms with van der Waals surface area (Å²) in [6, 6.07) is 0. The summed E-state index contributed by atoms with van der Waals surface area (Å²) in [5, 5.41) is 0. The van der Waals surface area contributed by atoms with E-state index in [0.29, 0.717) is 17.4 Å². The van der Waals surface area contributed by atoms with Crippen molar-refractivity contribution in [1.29, 1.82) is 0 Å². The van der Waals surface area contributed by atoms with Gasteiger partial charge >= 0.3 is 11.9 Å². The SMILES string of the molecule is CC/C=C\C/C=C\C/C=C\C/C=C\C/C=C\C/C=C\C/C=C\C/C=C\C/C=C\CCCCCCCCCC(=O)OC(COC(=O)CCCCCCCCCCCCCCCCCCCCCCC/C=C\C/C=C\C/C=C\C/C=C\C/C=C\CC)COP(=O)([O-])OCC[N+](C)(C)C. The molecule has 0 heterocycles. The van der Waals surface area contributed by atoms with Gasteiger partial charge in [-0.2, -0.15) is 0 Å². The average Bonchev–Trinajstić information content (AvgIpc) is 2.74. The van der Waals surface area contributed by atoms with E-state index in [1.165, 1.54) is 135 Å². The first-order valence-electron chi connectivity index (χ1n) is 38.8. The number of carbonyl (C=O) groups excluding carboxylic acids is 2. The Labute approximate surface area is 591 Å². The number of quaternary nitrogens is 1. The number of phosphoric ester groups is 1. The molecule has 0 aliphatic heterocycles. The lowest BCUT2D eigenvalue weighted by Gasteiger charge is -2.28. The van der Waals surface area contributed by atoms with Gasteiger partial charge in [0, 0.05) is 12.8 Å². The number of phosphoric acid groups is 1. The highest BCUT2D eigenvalue weighted by Crippen LogP contribution is 2.38. The minimum atomic E-state index is -4.66. The van der Waals surface area contributed by atoms with Gasteiger partial charge in [-0.1, -0.05) is 338 Å². The molecule has 10 heteroatoms. The zero-order valence-corrected chi connectivity index (χ0v) is 63.2. The third-order valence-corrected chi connectivity index (χ3v) is 17.2. The van der Waals surface area contributed by atoms with Crippen molar-refractivity contribution < 1.29 is 42.1 Å². The molecule has 0 aromatic carbocycles. The summed E-state index contributed by atoms with van der Waals surface area (Å²) in [4.78, 5) is 38.2. The molecule has 96 heavy (non-hydrogen) atoms. The van der Waals surface area contributed by atoms with Crippen LogP contribution in [0.5, 0.6) is 0 Å². The summed E-state index contributed by atoms with van der Waals surface area (Å²) in [5.41, 5.74) is 0. The molecule has 0 bridgehead atoms. The highest BCUT2D eigenvalue weighted by molar-refractivity contribution is 7.45. The molecule has 546 valence electrons. The van der Waals surface area contributed by atoms with Gasteiger partial charge in [-0.25, -0.2) is 0 Å². The van der Waals surface area contributed by atoms with Crippen LogP contribution in [-0.2, 0) is 32.7 Å². The summed E-state index contributed by atoms with van der Waals surface area (Å²) in [6.07, 6.45) is 113. The van der Waals surface area contributed by atoms with Gasteiger partial charge in [-0.3, -0.25) is 14.2 Å². The molecular formula is C86H144NO8P. The van der Waals surface area contributed by atoms with Crippen molar-refractivity contribution in [3.8, 4) is 0 Å². The van der Waals surface area contributed by atoms with Crippen molar-refractivity contribution in [3.05, 3.63) is 170 Å². The molecule has 0 rings (SSSR count). The maximum absolute atomic E-state index is 12.9. The van der Waals surface area contributed by atoms with Gasteiger partial charge in [0.05, 0.1) is 27.7 Å². The second kappa shape index (κ2) is 74.6. The predicted molar refractivity (Wildman–Crippen MR) is 415 cm³/mol. The van der Waals surface area contributed by atoms with Gasteiger partial charge in [0.25, 0.3) is 7.82 Å². The Bertz CT molecular complexity index is 2230. The van der Waals surface area contributed by atoms with Gasteiger partial charge in [-0.05, 0) is 128 Å². The van der Waals surface area contributed by atoms with Crippen LogP contribution in [0.3, 0.4) is 0 Å². The molecule has 0 radical (unpaired) electrons. The second-order valence-electron chi connectivity index (χ2n) is 26.6. The molecule has 0 aliphatic carbocycles. The summed E-state index contributed by atoms with van der Waals surface area (Å²) < 4.78 is 34.4. The number of allylic oxidation sites excluding steroid dienone is 28. The topological polar surface area (TPSA) is 111 Å². The Morgan fingerprint density at radius 2 is 0.562 bits per heavy atom. The Morgan fingerprint density at radius 3 is 0.833 bits per heavy atom. The largest absolute Gasteiger partial charge is 0.756 e. The van der Waals surface area contributed by atoms with Crippen LogP contribution in [0, 0.1) is 0 Å². The fourth-order valence-corrected chi connectivity index (χ4v) is 11.1. The highest BCUT2D eigenvalue weighted by Gasteiger charge is 2.22. The maximum atomic E-state index is 12.9. The van der Waals surface area contributed by atoms with E-state index in [1.54, 1.807) is 0 Å². The number of carbonyl (C=O) groups is 2. The Balaban J connectivity index is 4.05. The average molecular weight is 1350 g/mol. The molecule has 0 saturated heterocycles. The third kappa shape index (κ3) is 78.4. The van der Waals surface area contributed by atoms with Gasteiger partial charge in [0.15, 0.2) is 6.10 Å².